The van der Waals surface area contributed by atoms with Crippen LogP contribution in [-0.4, -0.2) is 16.4 Å². The lowest BCUT2D eigenvalue weighted by Crippen LogP contribution is -2.30. The van der Waals surface area contributed by atoms with Crippen LogP contribution in [0.15, 0.2) is 127 Å². The van der Waals surface area contributed by atoms with Crippen molar-refractivity contribution in [2.75, 3.05) is 0 Å². The van der Waals surface area contributed by atoms with Gasteiger partial charge in [-0.25, -0.2) is 0 Å². The zero-order valence-corrected chi connectivity index (χ0v) is 27.7. The first-order chi connectivity index (χ1) is 22.1. The van der Waals surface area contributed by atoms with E-state index in [1.165, 1.54) is 0 Å². The molecule has 0 spiro atoms. The Hall–Kier alpha value is -4.37. The van der Waals surface area contributed by atoms with E-state index in [4.69, 9.17) is 0 Å². The summed E-state index contributed by atoms with van der Waals surface area (Å²) in [6.45, 7) is 5.82. The predicted molar refractivity (Wildman–Crippen MR) is 188 cm³/mol. The Morgan fingerprint density at radius 1 is 0.630 bits per heavy atom. The summed E-state index contributed by atoms with van der Waals surface area (Å²) in [5, 5.41) is 12.1. The maximum atomic E-state index is 14.2. The van der Waals surface area contributed by atoms with Crippen LogP contribution in [0.2, 0.25) is 0 Å². The van der Waals surface area contributed by atoms with Gasteiger partial charge < -0.3 is 9.67 Å². The molecule has 234 valence electrons. The summed E-state index contributed by atoms with van der Waals surface area (Å²) >= 11 is 0. The molecule has 0 saturated heterocycles. The standard InChI is InChI=1S/C22H21O2P.C19H20O2/c1-16-14-17(2)21(18(3)15-16)22(23)25(24,19-10-6-4-7-11-19)20-12-8-5-9-13-20;20-18(15-9-3-1-4-10-15)16-11-5-6-12-17(16)19(21)13-7-2-8-14-19/h4-15H,1-3H3;1,3-6,9-12,21H,2,7-8,13-14H2. The van der Waals surface area contributed by atoms with Crippen molar-refractivity contribution in [1.82, 2.24) is 0 Å². The Balaban J connectivity index is 0.000000184. The molecule has 5 heteroatoms. The monoisotopic (exact) mass is 628 g/mol. The number of ketones is 1. The average molecular weight is 629 g/mol. The fourth-order valence-electron chi connectivity index (χ4n) is 6.57. The van der Waals surface area contributed by atoms with Crippen LogP contribution in [0.1, 0.15) is 80.6 Å². The fraction of sp³-hybridized carbons (Fsp3) is 0.220. The van der Waals surface area contributed by atoms with Crippen molar-refractivity contribution in [2.45, 2.75) is 58.5 Å². The van der Waals surface area contributed by atoms with Gasteiger partial charge in [0, 0.05) is 27.3 Å². The van der Waals surface area contributed by atoms with Crippen molar-refractivity contribution >= 4 is 29.1 Å². The van der Waals surface area contributed by atoms with E-state index in [-0.39, 0.29) is 11.3 Å². The lowest BCUT2D eigenvalue weighted by Gasteiger charge is -2.33. The highest BCUT2D eigenvalue weighted by atomic mass is 31.2. The number of rotatable bonds is 7. The highest BCUT2D eigenvalue weighted by Gasteiger charge is 2.38. The van der Waals surface area contributed by atoms with Gasteiger partial charge in [-0.2, -0.15) is 0 Å². The van der Waals surface area contributed by atoms with Crippen molar-refractivity contribution in [3.05, 3.63) is 166 Å². The Morgan fingerprint density at radius 3 is 1.61 bits per heavy atom. The lowest BCUT2D eigenvalue weighted by molar-refractivity contribution is -0.00127. The molecule has 1 N–H and O–H groups in total. The van der Waals surface area contributed by atoms with Gasteiger partial charge in [-0.1, -0.05) is 152 Å². The number of carbonyl (C=O) groups excluding carboxylic acids is 2. The maximum absolute atomic E-state index is 14.2. The van der Waals surface area contributed by atoms with E-state index in [9.17, 15) is 19.3 Å². The first-order valence-electron chi connectivity index (χ1n) is 15.9. The van der Waals surface area contributed by atoms with Crippen LogP contribution in [0, 0.1) is 20.8 Å². The van der Waals surface area contributed by atoms with Gasteiger partial charge in [-0.15, -0.1) is 0 Å². The van der Waals surface area contributed by atoms with Crippen LogP contribution >= 0.6 is 7.14 Å². The molecule has 4 nitrogen and oxygen atoms in total. The molecule has 5 aromatic carbocycles. The van der Waals surface area contributed by atoms with Crippen LogP contribution in [0.25, 0.3) is 0 Å². The second kappa shape index (κ2) is 14.4. The molecule has 5 aromatic rings. The molecule has 0 radical (unpaired) electrons. The van der Waals surface area contributed by atoms with E-state index in [0.29, 0.717) is 27.3 Å². The van der Waals surface area contributed by atoms with Gasteiger partial charge in [0.25, 0.3) is 0 Å². The fourth-order valence-corrected chi connectivity index (χ4v) is 9.19. The largest absolute Gasteiger partial charge is 0.385 e. The van der Waals surface area contributed by atoms with E-state index in [1.807, 2.05) is 124 Å². The minimum atomic E-state index is -3.44. The molecular weight excluding hydrogens is 587 g/mol. The van der Waals surface area contributed by atoms with Crippen molar-refractivity contribution in [1.29, 1.82) is 0 Å². The quantitative estimate of drug-likeness (QED) is 0.144. The molecule has 6 rings (SSSR count). The van der Waals surface area contributed by atoms with E-state index >= 15 is 0 Å². The smallest absolute Gasteiger partial charge is 0.230 e. The minimum absolute atomic E-state index is 0.00908. The molecule has 0 bridgehead atoms. The van der Waals surface area contributed by atoms with Crippen molar-refractivity contribution in [2.24, 2.45) is 0 Å². The molecule has 1 fully saturated rings. The van der Waals surface area contributed by atoms with E-state index < -0.39 is 12.7 Å². The summed E-state index contributed by atoms with van der Waals surface area (Å²) in [6, 6.07) is 38.9. The highest BCUT2D eigenvalue weighted by Crippen LogP contribution is 2.48. The molecule has 1 aliphatic rings. The van der Waals surface area contributed by atoms with Gasteiger partial charge in [0.05, 0.1) is 5.60 Å². The third-order valence-corrected chi connectivity index (χ3v) is 11.7. The van der Waals surface area contributed by atoms with E-state index in [1.54, 1.807) is 24.3 Å². The summed E-state index contributed by atoms with van der Waals surface area (Å²) in [5.41, 5.74) is 4.36. The van der Waals surface area contributed by atoms with Crippen molar-refractivity contribution in [3.63, 3.8) is 0 Å². The molecule has 0 atom stereocenters. The van der Waals surface area contributed by atoms with Crippen LogP contribution in [-0.2, 0) is 10.2 Å². The Kier molecular flexibility index (Phi) is 10.3. The molecule has 0 unspecified atom stereocenters. The molecule has 0 amide bonds. The lowest BCUT2D eigenvalue weighted by atomic mass is 9.77. The summed E-state index contributed by atoms with van der Waals surface area (Å²) in [4.78, 5) is 26.3. The Morgan fingerprint density at radius 2 is 1.09 bits per heavy atom. The van der Waals surface area contributed by atoms with E-state index in [0.717, 1.165) is 54.4 Å². The average Bonchev–Trinajstić information content (AvgIpc) is 3.09. The van der Waals surface area contributed by atoms with Gasteiger partial charge in [0.15, 0.2) is 5.78 Å². The predicted octanol–water partition coefficient (Wildman–Crippen LogP) is 8.84. The summed E-state index contributed by atoms with van der Waals surface area (Å²) in [7, 11) is -3.44. The molecule has 0 heterocycles. The van der Waals surface area contributed by atoms with Crippen molar-refractivity contribution in [3.8, 4) is 0 Å². The topological polar surface area (TPSA) is 71.4 Å². The maximum Gasteiger partial charge on any atom is 0.230 e. The number of aryl methyl sites for hydroxylation is 3. The molecular formula is C41H41O4P. The zero-order valence-electron chi connectivity index (χ0n) is 26.8. The normalized spacial score (nSPS) is 14.1. The summed E-state index contributed by atoms with van der Waals surface area (Å²) < 4.78 is 14.2. The molecule has 1 saturated carbocycles. The van der Waals surface area contributed by atoms with Crippen molar-refractivity contribution < 1.29 is 19.3 Å². The number of benzene rings is 5. The third-order valence-electron chi connectivity index (χ3n) is 8.81. The number of hydrogen-bond donors (Lipinski definition) is 1. The van der Waals surface area contributed by atoms with Crippen LogP contribution in [0.3, 0.4) is 0 Å². The SMILES string of the molecule is Cc1cc(C)c(C(=O)P(=O)(c2ccccc2)c2ccccc2)c(C)c1.O=C(c1ccccc1)c1ccccc1C1(O)CCCCC1. The minimum Gasteiger partial charge on any atom is -0.385 e. The van der Waals surface area contributed by atoms with Crippen LogP contribution in [0.4, 0.5) is 0 Å². The van der Waals surface area contributed by atoms with Gasteiger partial charge in [0.2, 0.25) is 12.7 Å². The summed E-state index contributed by atoms with van der Waals surface area (Å²) in [5.74, 6) is -0.00908. The molecule has 0 aromatic heterocycles. The Bertz CT molecular complexity index is 1790. The number of aliphatic hydroxyl groups is 1. The number of hydrogen-bond acceptors (Lipinski definition) is 4. The van der Waals surface area contributed by atoms with Gasteiger partial charge in [0.1, 0.15) is 0 Å². The first-order valence-corrected chi connectivity index (χ1v) is 17.6. The van der Waals surface area contributed by atoms with Gasteiger partial charge in [-0.05, 0) is 50.3 Å². The van der Waals surface area contributed by atoms with E-state index in [2.05, 4.69) is 0 Å². The third kappa shape index (κ3) is 6.89. The second-order valence-electron chi connectivity index (χ2n) is 12.2. The molecule has 46 heavy (non-hydrogen) atoms. The molecule has 1 aliphatic carbocycles. The van der Waals surface area contributed by atoms with Crippen LogP contribution < -0.4 is 10.6 Å². The first kappa shape index (κ1) is 33.0. The highest BCUT2D eigenvalue weighted by molar-refractivity contribution is 7.93. The Labute approximate surface area is 272 Å². The molecule has 0 aliphatic heterocycles. The van der Waals surface area contributed by atoms with Crippen LogP contribution in [0.5, 0.6) is 0 Å². The van der Waals surface area contributed by atoms with Gasteiger partial charge in [-0.3, -0.25) is 9.59 Å². The zero-order chi connectivity index (χ0) is 32.7. The second-order valence-corrected chi connectivity index (χ2v) is 14.8. The number of carbonyl (C=O) groups is 2. The summed E-state index contributed by atoms with van der Waals surface area (Å²) in [6.07, 6.45) is 4.68. The van der Waals surface area contributed by atoms with Gasteiger partial charge >= 0.3 is 0 Å².